The van der Waals surface area contributed by atoms with E-state index in [1.165, 1.54) is 4.68 Å². The summed E-state index contributed by atoms with van der Waals surface area (Å²) in [5.41, 5.74) is 1.98. The van der Waals surface area contributed by atoms with E-state index >= 15 is 0 Å². The van der Waals surface area contributed by atoms with E-state index in [0.29, 0.717) is 33.6 Å². The van der Waals surface area contributed by atoms with E-state index in [0.717, 1.165) is 14.5 Å². The SMILES string of the molecule is CC(C)(C)c1nc2ccc(Br)cc2c(=O)n1N=Cc1cc(Br)ccc1OCc1ccccc1C#N. The van der Waals surface area contributed by atoms with Gasteiger partial charge in [-0.25, -0.2) is 4.98 Å². The van der Waals surface area contributed by atoms with Gasteiger partial charge in [-0.05, 0) is 42.5 Å². The van der Waals surface area contributed by atoms with Crippen LogP contribution >= 0.6 is 31.9 Å². The number of halogens is 2. The molecular weight excluding hydrogens is 572 g/mol. The molecule has 0 aliphatic rings. The van der Waals surface area contributed by atoms with Crippen molar-refractivity contribution in [1.29, 1.82) is 5.26 Å². The van der Waals surface area contributed by atoms with Crippen LogP contribution in [0, 0.1) is 11.3 Å². The van der Waals surface area contributed by atoms with Crippen LogP contribution in [0.15, 0.2) is 79.5 Å². The number of nitrogens with zero attached hydrogens (tertiary/aromatic N) is 4. The van der Waals surface area contributed by atoms with E-state index < -0.39 is 5.41 Å². The van der Waals surface area contributed by atoms with Crippen molar-refractivity contribution in [1.82, 2.24) is 9.66 Å². The van der Waals surface area contributed by atoms with E-state index in [9.17, 15) is 10.1 Å². The van der Waals surface area contributed by atoms with Crippen LogP contribution in [0.4, 0.5) is 0 Å². The highest BCUT2D eigenvalue weighted by atomic mass is 79.9. The topological polar surface area (TPSA) is 80.3 Å². The highest BCUT2D eigenvalue weighted by Gasteiger charge is 2.23. The summed E-state index contributed by atoms with van der Waals surface area (Å²) in [4.78, 5) is 18.2. The average molecular weight is 594 g/mol. The van der Waals surface area contributed by atoms with Gasteiger partial charge in [0.25, 0.3) is 5.56 Å². The van der Waals surface area contributed by atoms with E-state index in [1.807, 2.05) is 69.3 Å². The summed E-state index contributed by atoms with van der Waals surface area (Å²) in [6.07, 6.45) is 1.60. The molecule has 0 amide bonds. The van der Waals surface area contributed by atoms with Gasteiger partial charge >= 0.3 is 0 Å². The average Bonchev–Trinajstić information content (AvgIpc) is 2.82. The quantitative estimate of drug-likeness (QED) is 0.246. The molecule has 1 aromatic heterocycles. The molecule has 8 heteroatoms. The zero-order valence-electron chi connectivity index (χ0n) is 19.4. The van der Waals surface area contributed by atoms with Crippen LogP contribution in [0.25, 0.3) is 10.9 Å². The lowest BCUT2D eigenvalue weighted by molar-refractivity contribution is 0.305. The van der Waals surface area contributed by atoms with Crippen LogP contribution in [-0.4, -0.2) is 15.9 Å². The maximum Gasteiger partial charge on any atom is 0.282 e. The lowest BCUT2D eigenvalue weighted by atomic mass is 9.95. The molecule has 4 rings (SSSR count). The Morgan fingerprint density at radius 2 is 1.80 bits per heavy atom. The lowest BCUT2D eigenvalue weighted by Gasteiger charge is -2.21. The van der Waals surface area contributed by atoms with Crippen molar-refractivity contribution in [3.63, 3.8) is 0 Å². The van der Waals surface area contributed by atoms with Crippen molar-refractivity contribution in [2.75, 3.05) is 0 Å². The van der Waals surface area contributed by atoms with Gasteiger partial charge < -0.3 is 4.74 Å². The number of ether oxygens (including phenoxy) is 1. The van der Waals surface area contributed by atoms with Crippen molar-refractivity contribution in [2.45, 2.75) is 32.8 Å². The van der Waals surface area contributed by atoms with Crippen LogP contribution in [-0.2, 0) is 12.0 Å². The summed E-state index contributed by atoms with van der Waals surface area (Å²) in [6.45, 7) is 6.20. The van der Waals surface area contributed by atoms with Gasteiger partial charge in [0.1, 0.15) is 18.2 Å². The first kappa shape index (κ1) is 24.8. The highest BCUT2D eigenvalue weighted by molar-refractivity contribution is 9.10. The van der Waals surface area contributed by atoms with Crippen molar-refractivity contribution in [3.8, 4) is 11.8 Å². The van der Waals surface area contributed by atoms with Gasteiger partial charge in [0.15, 0.2) is 0 Å². The first-order chi connectivity index (χ1) is 16.7. The second-order valence-electron chi connectivity index (χ2n) is 8.95. The standard InChI is InChI=1S/C27H22Br2N4O2/c1-27(2,3)26-32-23-10-8-21(29)13-22(23)25(34)33(26)31-15-19-12-20(28)9-11-24(19)35-16-18-7-5-4-6-17(18)14-30/h4-13,15H,16H2,1-3H3. The van der Waals surface area contributed by atoms with Crippen LogP contribution in [0.1, 0.15) is 43.3 Å². The van der Waals surface area contributed by atoms with E-state index in [-0.39, 0.29) is 12.2 Å². The maximum atomic E-state index is 13.4. The fraction of sp³-hybridized carbons (Fsp3) is 0.185. The molecule has 1 heterocycles. The second kappa shape index (κ2) is 10.1. The Morgan fingerprint density at radius 1 is 1.09 bits per heavy atom. The van der Waals surface area contributed by atoms with Gasteiger partial charge in [-0.3, -0.25) is 4.79 Å². The monoisotopic (exact) mass is 592 g/mol. The Morgan fingerprint density at radius 3 is 2.54 bits per heavy atom. The Labute approximate surface area is 220 Å². The normalized spacial score (nSPS) is 11.7. The number of benzene rings is 3. The molecule has 0 saturated carbocycles. The third-order valence-corrected chi connectivity index (χ3v) is 6.27. The molecule has 0 fully saturated rings. The molecule has 0 bridgehead atoms. The minimum atomic E-state index is -0.421. The van der Waals surface area contributed by atoms with Gasteiger partial charge in [-0.1, -0.05) is 70.8 Å². The van der Waals surface area contributed by atoms with E-state index in [2.05, 4.69) is 43.0 Å². The van der Waals surface area contributed by atoms with Gasteiger partial charge in [-0.15, -0.1) is 0 Å². The minimum absolute atomic E-state index is 0.227. The third kappa shape index (κ3) is 5.53. The molecule has 0 unspecified atom stereocenters. The number of hydrogen-bond acceptors (Lipinski definition) is 5. The first-order valence-corrected chi connectivity index (χ1v) is 12.4. The summed E-state index contributed by atoms with van der Waals surface area (Å²) in [6, 6.07) is 20.5. The molecule has 3 aromatic carbocycles. The molecule has 0 aliphatic heterocycles. The molecule has 0 radical (unpaired) electrons. The summed E-state index contributed by atoms with van der Waals surface area (Å²) >= 11 is 6.93. The van der Waals surface area contributed by atoms with Gasteiger partial charge in [0.05, 0.1) is 28.8 Å². The predicted octanol–water partition coefficient (Wildman–Crippen LogP) is 6.55. The third-order valence-electron chi connectivity index (χ3n) is 5.28. The molecular formula is C27H22Br2N4O2. The molecule has 0 aliphatic carbocycles. The van der Waals surface area contributed by atoms with E-state index in [4.69, 9.17) is 9.72 Å². The summed E-state index contributed by atoms with van der Waals surface area (Å²) < 4.78 is 9.04. The summed E-state index contributed by atoms with van der Waals surface area (Å²) in [5, 5.41) is 14.4. The fourth-order valence-electron chi connectivity index (χ4n) is 3.52. The van der Waals surface area contributed by atoms with Crippen LogP contribution < -0.4 is 10.3 Å². The zero-order chi connectivity index (χ0) is 25.2. The van der Waals surface area contributed by atoms with E-state index in [1.54, 1.807) is 18.3 Å². The first-order valence-electron chi connectivity index (χ1n) is 10.8. The molecule has 0 N–H and O–H groups in total. The summed E-state index contributed by atoms with van der Waals surface area (Å²) in [5.74, 6) is 1.13. The highest BCUT2D eigenvalue weighted by Crippen LogP contribution is 2.25. The number of nitriles is 1. The number of aromatic nitrogens is 2. The summed E-state index contributed by atoms with van der Waals surface area (Å²) in [7, 11) is 0. The number of rotatable bonds is 5. The maximum absolute atomic E-state index is 13.4. The Balaban J connectivity index is 1.77. The number of hydrogen-bond donors (Lipinski definition) is 0. The lowest BCUT2D eigenvalue weighted by Crippen LogP contribution is -2.29. The molecule has 6 nitrogen and oxygen atoms in total. The molecule has 0 spiro atoms. The van der Waals surface area contributed by atoms with Gasteiger partial charge in [0, 0.05) is 25.5 Å². The van der Waals surface area contributed by atoms with Crippen molar-refractivity contribution >= 4 is 49.0 Å². The molecule has 176 valence electrons. The zero-order valence-corrected chi connectivity index (χ0v) is 22.6. The second-order valence-corrected chi connectivity index (χ2v) is 10.8. The van der Waals surface area contributed by atoms with Crippen LogP contribution in [0.2, 0.25) is 0 Å². The number of fused-ring (bicyclic) bond motifs is 1. The van der Waals surface area contributed by atoms with Gasteiger partial charge in [0.2, 0.25) is 0 Å². The minimum Gasteiger partial charge on any atom is -0.488 e. The van der Waals surface area contributed by atoms with Crippen LogP contribution in [0.3, 0.4) is 0 Å². The van der Waals surface area contributed by atoms with Gasteiger partial charge in [-0.2, -0.15) is 15.0 Å². The molecule has 0 atom stereocenters. The molecule has 4 aromatic rings. The van der Waals surface area contributed by atoms with Crippen LogP contribution in [0.5, 0.6) is 5.75 Å². The Bertz CT molecular complexity index is 1550. The predicted molar refractivity (Wildman–Crippen MR) is 145 cm³/mol. The Hall–Kier alpha value is -3.28. The largest absolute Gasteiger partial charge is 0.488 e. The fourth-order valence-corrected chi connectivity index (χ4v) is 4.26. The van der Waals surface area contributed by atoms with Crippen molar-refractivity contribution in [2.24, 2.45) is 5.10 Å². The molecule has 35 heavy (non-hydrogen) atoms. The van der Waals surface area contributed by atoms with Crippen molar-refractivity contribution < 1.29 is 4.74 Å². The Kier molecular flexibility index (Phi) is 7.20. The smallest absolute Gasteiger partial charge is 0.282 e. The molecule has 0 saturated heterocycles. The van der Waals surface area contributed by atoms with Crippen molar-refractivity contribution in [3.05, 3.63) is 102 Å².